The largest absolute Gasteiger partial charge is 0.395 e. The van der Waals surface area contributed by atoms with Crippen molar-refractivity contribution in [3.8, 4) is 0 Å². The maximum Gasteiger partial charge on any atom is 0.243 e. The van der Waals surface area contributed by atoms with E-state index in [1.165, 1.54) is 4.31 Å². The zero-order valence-electron chi connectivity index (χ0n) is 8.93. The zero-order valence-corrected chi connectivity index (χ0v) is 11.3. The normalized spacial score (nSPS) is 12.0. The fourth-order valence-corrected chi connectivity index (χ4v) is 3.37. The first-order chi connectivity index (χ1) is 7.52. The van der Waals surface area contributed by atoms with Gasteiger partial charge in [-0.25, -0.2) is 8.42 Å². The van der Waals surface area contributed by atoms with Gasteiger partial charge < -0.3 is 5.11 Å². The van der Waals surface area contributed by atoms with Crippen LogP contribution in [0.5, 0.6) is 0 Å². The van der Waals surface area contributed by atoms with E-state index in [2.05, 4.69) is 15.9 Å². The summed E-state index contributed by atoms with van der Waals surface area (Å²) in [6, 6.07) is 6.53. The summed E-state index contributed by atoms with van der Waals surface area (Å²) < 4.78 is 26.2. The monoisotopic (exact) mass is 307 g/mol. The molecule has 0 saturated carbocycles. The number of rotatable bonds is 5. The number of hydrogen-bond acceptors (Lipinski definition) is 3. The maximum absolute atomic E-state index is 12.1. The van der Waals surface area contributed by atoms with Crippen LogP contribution in [0.15, 0.2) is 33.6 Å². The topological polar surface area (TPSA) is 57.6 Å². The predicted molar refractivity (Wildman–Crippen MR) is 65.7 cm³/mol. The van der Waals surface area contributed by atoms with Crippen molar-refractivity contribution < 1.29 is 13.5 Å². The van der Waals surface area contributed by atoms with E-state index >= 15 is 0 Å². The van der Waals surface area contributed by atoms with Crippen LogP contribution in [0.25, 0.3) is 0 Å². The molecule has 0 atom stereocenters. The third kappa shape index (κ3) is 3.04. The van der Waals surface area contributed by atoms with Gasteiger partial charge in [0.1, 0.15) is 0 Å². The molecule has 1 N–H and O–H groups in total. The SMILES string of the molecule is CCN(CCO)S(=O)(=O)c1cccc(Br)c1. The van der Waals surface area contributed by atoms with Gasteiger partial charge in [-0.15, -0.1) is 0 Å². The van der Waals surface area contributed by atoms with Crippen molar-refractivity contribution in [2.24, 2.45) is 0 Å². The van der Waals surface area contributed by atoms with E-state index in [9.17, 15) is 8.42 Å². The molecular weight excluding hydrogens is 294 g/mol. The van der Waals surface area contributed by atoms with Crippen LogP contribution in [0.1, 0.15) is 6.92 Å². The van der Waals surface area contributed by atoms with E-state index in [0.717, 1.165) is 0 Å². The van der Waals surface area contributed by atoms with Crippen LogP contribution in [0.3, 0.4) is 0 Å². The van der Waals surface area contributed by atoms with E-state index in [-0.39, 0.29) is 18.0 Å². The third-order valence-electron chi connectivity index (χ3n) is 2.14. The average Bonchev–Trinajstić information content (AvgIpc) is 2.25. The predicted octanol–water partition coefficient (Wildman–Crippen LogP) is 1.45. The van der Waals surface area contributed by atoms with Crippen molar-refractivity contribution in [3.63, 3.8) is 0 Å². The van der Waals surface area contributed by atoms with Crippen molar-refractivity contribution >= 4 is 26.0 Å². The minimum Gasteiger partial charge on any atom is -0.395 e. The summed E-state index contributed by atoms with van der Waals surface area (Å²) in [7, 11) is -3.49. The lowest BCUT2D eigenvalue weighted by molar-refractivity contribution is 0.257. The fraction of sp³-hybridized carbons (Fsp3) is 0.400. The molecule has 1 aromatic carbocycles. The number of aliphatic hydroxyl groups is 1. The summed E-state index contributed by atoms with van der Waals surface area (Å²) in [4.78, 5) is 0.233. The summed E-state index contributed by atoms with van der Waals surface area (Å²) in [6.07, 6.45) is 0. The van der Waals surface area contributed by atoms with Gasteiger partial charge in [0.2, 0.25) is 10.0 Å². The van der Waals surface area contributed by atoms with Gasteiger partial charge in [0, 0.05) is 17.6 Å². The zero-order chi connectivity index (χ0) is 12.2. The quantitative estimate of drug-likeness (QED) is 0.896. The first kappa shape index (κ1) is 13.6. The highest BCUT2D eigenvalue weighted by Crippen LogP contribution is 2.19. The summed E-state index contributed by atoms with van der Waals surface area (Å²) >= 11 is 3.23. The Morgan fingerprint density at radius 3 is 2.62 bits per heavy atom. The van der Waals surface area contributed by atoms with Gasteiger partial charge in [-0.05, 0) is 18.2 Å². The lowest BCUT2D eigenvalue weighted by atomic mass is 10.4. The second kappa shape index (κ2) is 5.77. The molecule has 0 radical (unpaired) electrons. The molecule has 0 aromatic heterocycles. The van der Waals surface area contributed by atoms with Crippen LogP contribution in [-0.4, -0.2) is 37.5 Å². The van der Waals surface area contributed by atoms with Crippen LogP contribution in [-0.2, 0) is 10.0 Å². The number of halogens is 1. The number of sulfonamides is 1. The molecule has 0 aliphatic heterocycles. The van der Waals surface area contributed by atoms with E-state index in [1.807, 2.05) is 0 Å². The van der Waals surface area contributed by atoms with Crippen LogP contribution in [0.2, 0.25) is 0 Å². The van der Waals surface area contributed by atoms with E-state index < -0.39 is 10.0 Å². The van der Waals surface area contributed by atoms with Crippen molar-refractivity contribution in [2.75, 3.05) is 19.7 Å². The van der Waals surface area contributed by atoms with E-state index in [0.29, 0.717) is 11.0 Å². The first-order valence-electron chi connectivity index (χ1n) is 4.89. The molecule has 90 valence electrons. The number of likely N-dealkylation sites (N-methyl/N-ethyl adjacent to an activating group) is 1. The molecule has 0 unspecified atom stereocenters. The number of aliphatic hydroxyl groups excluding tert-OH is 1. The molecular formula is C10H14BrNO3S. The van der Waals surface area contributed by atoms with Gasteiger partial charge in [-0.3, -0.25) is 0 Å². The summed E-state index contributed by atoms with van der Waals surface area (Å²) in [5.74, 6) is 0. The van der Waals surface area contributed by atoms with Crippen molar-refractivity contribution in [2.45, 2.75) is 11.8 Å². The molecule has 1 rings (SSSR count). The molecule has 1 aromatic rings. The maximum atomic E-state index is 12.1. The summed E-state index contributed by atoms with van der Waals surface area (Å²) in [6.45, 7) is 2.02. The van der Waals surface area contributed by atoms with Gasteiger partial charge in [0.05, 0.1) is 11.5 Å². The third-order valence-corrected chi connectivity index (χ3v) is 4.60. The van der Waals surface area contributed by atoms with Crippen molar-refractivity contribution in [1.82, 2.24) is 4.31 Å². The van der Waals surface area contributed by atoms with Crippen LogP contribution in [0, 0.1) is 0 Å². The molecule has 0 spiro atoms. The van der Waals surface area contributed by atoms with E-state index in [4.69, 9.17) is 5.11 Å². The molecule has 0 amide bonds. The fourth-order valence-electron chi connectivity index (χ4n) is 1.34. The Kier molecular flexibility index (Phi) is 4.91. The highest BCUT2D eigenvalue weighted by atomic mass is 79.9. The Bertz CT molecular complexity index is 447. The Balaban J connectivity index is 3.09. The molecule has 0 bridgehead atoms. The Morgan fingerprint density at radius 1 is 1.44 bits per heavy atom. The van der Waals surface area contributed by atoms with Crippen LogP contribution in [0.4, 0.5) is 0 Å². The highest BCUT2D eigenvalue weighted by Gasteiger charge is 2.22. The van der Waals surface area contributed by atoms with Crippen LogP contribution >= 0.6 is 15.9 Å². The Labute approximate surface area is 104 Å². The molecule has 0 fully saturated rings. The van der Waals surface area contributed by atoms with Gasteiger partial charge in [-0.2, -0.15) is 4.31 Å². The summed E-state index contributed by atoms with van der Waals surface area (Å²) in [5.41, 5.74) is 0. The molecule has 0 saturated heterocycles. The lowest BCUT2D eigenvalue weighted by Gasteiger charge is -2.19. The number of benzene rings is 1. The average molecular weight is 308 g/mol. The second-order valence-corrected chi connectivity index (χ2v) is 6.03. The molecule has 4 nitrogen and oxygen atoms in total. The minimum atomic E-state index is -3.49. The highest BCUT2D eigenvalue weighted by molar-refractivity contribution is 9.10. The van der Waals surface area contributed by atoms with Gasteiger partial charge in [-0.1, -0.05) is 28.9 Å². The van der Waals surface area contributed by atoms with Gasteiger partial charge in [0.25, 0.3) is 0 Å². The second-order valence-electron chi connectivity index (χ2n) is 3.18. The number of hydrogen-bond donors (Lipinski definition) is 1. The first-order valence-corrected chi connectivity index (χ1v) is 7.12. The molecule has 0 heterocycles. The summed E-state index contributed by atoms with van der Waals surface area (Å²) in [5, 5.41) is 8.82. The Hall–Kier alpha value is -0.430. The van der Waals surface area contributed by atoms with Crippen LogP contribution < -0.4 is 0 Å². The minimum absolute atomic E-state index is 0.116. The van der Waals surface area contributed by atoms with E-state index in [1.54, 1.807) is 31.2 Å². The molecule has 0 aliphatic carbocycles. The molecule has 6 heteroatoms. The Morgan fingerprint density at radius 2 is 2.12 bits per heavy atom. The van der Waals surface area contributed by atoms with Crippen molar-refractivity contribution in [1.29, 1.82) is 0 Å². The standard InChI is InChI=1S/C10H14BrNO3S/c1-2-12(6-7-13)16(14,15)10-5-3-4-9(11)8-10/h3-5,8,13H,2,6-7H2,1H3. The van der Waals surface area contributed by atoms with Gasteiger partial charge >= 0.3 is 0 Å². The lowest BCUT2D eigenvalue weighted by Crippen LogP contribution is -2.33. The van der Waals surface area contributed by atoms with Gasteiger partial charge in [0.15, 0.2) is 0 Å². The number of nitrogens with zero attached hydrogens (tertiary/aromatic N) is 1. The van der Waals surface area contributed by atoms with Crippen molar-refractivity contribution in [3.05, 3.63) is 28.7 Å². The smallest absolute Gasteiger partial charge is 0.243 e. The molecule has 16 heavy (non-hydrogen) atoms. The molecule has 0 aliphatic rings.